The second-order valence-corrected chi connectivity index (χ2v) is 6.54. The number of sulfonamides is 1. The highest BCUT2D eigenvalue weighted by Crippen LogP contribution is 2.20. The van der Waals surface area contributed by atoms with Gasteiger partial charge in [0.2, 0.25) is 0 Å². The highest BCUT2D eigenvalue weighted by Gasteiger charge is 2.24. The van der Waals surface area contributed by atoms with Gasteiger partial charge in [-0.25, -0.2) is 13.1 Å². The van der Waals surface area contributed by atoms with Gasteiger partial charge in [0.25, 0.3) is 10.0 Å². The maximum atomic E-state index is 12.2. The maximum absolute atomic E-state index is 12.2. The van der Waals surface area contributed by atoms with Crippen LogP contribution >= 0.6 is 0 Å². The van der Waals surface area contributed by atoms with Gasteiger partial charge in [-0.05, 0) is 18.9 Å². The molecule has 2 heterocycles. The van der Waals surface area contributed by atoms with E-state index in [-0.39, 0.29) is 11.6 Å². The van der Waals surface area contributed by atoms with Crippen LogP contribution in [-0.4, -0.2) is 24.7 Å². The number of H-pyrrole nitrogens is 1. The van der Waals surface area contributed by atoms with Crippen molar-refractivity contribution in [3.63, 3.8) is 0 Å². The topological polar surface area (TPSA) is 100 Å². The van der Waals surface area contributed by atoms with Crippen molar-refractivity contribution >= 4 is 10.0 Å². The van der Waals surface area contributed by atoms with Crippen molar-refractivity contribution in [2.75, 3.05) is 0 Å². The Balaban J connectivity index is 1.68. The van der Waals surface area contributed by atoms with Gasteiger partial charge in [-0.1, -0.05) is 0 Å². The van der Waals surface area contributed by atoms with E-state index >= 15 is 0 Å². The van der Waals surface area contributed by atoms with Crippen LogP contribution in [0, 0.1) is 0 Å². The Morgan fingerprint density at radius 1 is 1.40 bits per heavy atom. The third kappa shape index (κ3) is 3.09. The first-order chi connectivity index (χ1) is 9.65. The Labute approximate surface area is 116 Å². The first kappa shape index (κ1) is 13.3. The van der Waals surface area contributed by atoms with Crippen molar-refractivity contribution in [3.05, 3.63) is 35.9 Å². The summed E-state index contributed by atoms with van der Waals surface area (Å²) in [6.45, 7) is 0.691. The molecule has 3 rings (SSSR count). The van der Waals surface area contributed by atoms with Crippen LogP contribution in [0.5, 0.6) is 0 Å². The molecule has 1 aliphatic rings. The largest absolute Gasteiger partial charge is 0.472 e. The van der Waals surface area contributed by atoms with E-state index in [1.165, 1.54) is 12.5 Å². The molecule has 8 heteroatoms. The number of nitrogens with zero attached hydrogens (tertiary/aromatic N) is 1. The molecule has 1 fully saturated rings. The average Bonchev–Trinajstić information content (AvgIpc) is 2.94. The van der Waals surface area contributed by atoms with Crippen molar-refractivity contribution in [1.82, 2.24) is 20.2 Å². The summed E-state index contributed by atoms with van der Waals surface area (Å²) in [5, 5.41) is 9.78. The van der Waals surface area contributed by atoms with Crippen molar-refractivity contribution < 1.29 is 12.8 Å². The third-order valence-electron chi connectivity index (χ3n) is 3.15. The van der Waals surface area contributed by atoms with Gasteiger partial charge in [0.05, 0.1) is 18.7 Å². The first-order valence-corrected chi connectivity index (χ1v) is 7.90. The lowest BCUT2D eigenvalue weighted by Crippen LogP contribution is -2.25. The van der Waals surface area contributed by atoms with Gasteiger partial charge in [-0.15, -0.1) is 0 Å². The standard InChI is InChI=1S/C12H16N4O3S/c17-20(18,15-5-9-3-4-19-8-9)12-10(7-14-16-12)6-13-11-1-2-11/h3-4,7-8,11,13,15H,1-2,5-6H2,(H,14,16). The molecule has 20 heavy (non-hydrogen) atoms. The van der Waals surface area contributed by atoms with E-state index in [9.17, 15) is 8.42 Å². The average molecular weight is 296 g/mol. The van der Waals surface area contributed by atoms with E-state index in [1.807, 2.05) is 0 Å². The van der Waals surface area contributed by atoms with Crippen LogP contribution in [0.4, 0.5) is 0 Å². The molecule has 0 bridgehead atoms. The summed E-state index contributed by atoms with van der Waals surface area (Å²) in [6.07, 6.45) is 6.86. The second-order valence-electron chi connectivity index (χ2n) is 4.84. The van der Waals surface area contributed by atoms with Crippen LogP contribution in [0.1, 0.15) is 24.0 Å². The minimum absolute atomic E-state index is 0.120. The Morgan fingerprint density at radius 3 is 2.95 bits per heavy atom. The van der Waals surface area contributed by atoms with E-state index in [0.717, 1.165) is 18.4 Å². The second kappa shape index (κ2) is 5.39. The predicted octanol–water partition coefficient (Wildman–Crippen LogP) is 0.733. The van der Waals surface area contributed by atoms with E-state index in [2.05, 4.69) is 20.2 Å². The fraction of sp³-hybridized carbons (Fsp3) is 0.417. The molecule has 0 aliphatic heterocycles. The van der Waals surface area contributed by atoms with Gasteiger partial charge in [-0.3, -0.25) is 5.10 Å². The molecule has 108 valence electrons. The third-order valence-corrected chi connectivity index (χ3v) is 4.57. The number of furan rings is 1. The van der Waals surface area contributed by atoms with Crippen LogP contribution in [-0.2, 0) is 23.1 Å². The van der Waals surface area contributed by atoms with Gasteiger partial charge < -0.3 is 9.73 Å². The Hall–Kier alpha value is -1.64. The number of nitrogens with one attached hydrogen (secondary N) is 3. The van der Waals surface area contributed by atoms with Crippen molar-refractivity contribution in [2.24, 2.45) is 0 Å². The summed E-state index contributed by atoms with van der Waals surface area (Å²) in [7, 11) is -3.60. The number of aromatic amines is 1. The summed E-state index contributed by atoms with van der Waals surface area (Å²) in [5.41, 5.74) is 1.42. The van der Waals surface area contributed by atoms with Gasteiger partial charge in [0, 0.05) is 30.3 Å². The summed E-state index contributed by atoms with van der Waals surface area (Å²) in [4.78, 5) is 0. The quantitative estimate of drug-likeness (QED) is 0.699. The van der Waals surface area contributed by atoms with Crippen LogP contribution in [0.2, 0.25) is 0 Å². The molecule has 0 spiro atoms. The SMILES string of the molecule is O=S(=O)(NCc1ccoc1)c1[nH]ncc1CNC1CC1. The zero-order valence-corrected chi connectivity index (χ0v) is 11.6. The molecule has 2 aromatic heterocycles. The minimum Gasteiger partial charge on any atom is -0.472 e. The molecule has 2 aromatic rings. The molecule has 0 radical (unpaired) electrons. The molecular formula is C12H16N4O3S. The summed E-state index contributed by atoms with van der Waals surface area (Å²) >= 11 is 0. The lowest BCUT2D eigenvalue weighted by Gasteiger charge is -2.06. The first-order valence-electron chi connectivity index (χ1n) is 6.41. The van der Waals surface area contributed by atoms with E-state index < -0.39 is 10.0 Å². The fourth-order valence-electron chi connectivity index (χ4n) is 1.84. The normalized spacial score (nSPS) is 15.6. The van der Waals surface area contributed by atoms with Gasteiger partial charge in [0.1, 0.15) is 0 Å². The lowest BCUT2D eigenvalue weighted by molar-refractivity contribution is 0.560. The maximum Gasteiger partial charge on any atom is 0.258 e. The molecule has 0 unspecified atom stereocenters. The highest BCUT2D eigenvalue weighted by atomic mass is 32.2. The number of hydrogen-bond donors (Lipinski definition) is 3. The lowest BCUT2D eigenvalue weighted by atomic mass is 10.3. The Morgan fingerprint density at radius 2 is 2.25 bits per heavy atom. The zero-order valence-electron chi connectivity index (χ0n) is 10.8. The van der Waals surface area contributed by atoms with Gasteiger partial charge >= 0.3 is 0 Å². The molecule has 0 atom stereocenters. The van der Waals surface area contributed by atoms with Gasteiger partial charge in [0.15, 0.2) is 5.03 Å². The molecule has 0 aromatic carbocycles. The van der Waals surface area contributed by atoms with E-state index in [1.54, 1.807) is 12.3 Å². The Bertz CT molecular complexity index is 659. The van der Waals surface area contributed by atoms with Crippen molar-refractivity contribution in [1.29, 1.82) is 0 Å². The van der Waals surface area contributed by atoms with E-state index in [0.29, 0.717) is 18.2 Å². The minimum atomic E-state index is -3.60. The molecule has 1 aliphatic carbocycles. The van der Waals surface area contributed by atoms with Crippen LogP contribution in [0.25, 0.3) is 0 Å². The van der Waals surface area contributed by atoms with Crippen LogP contribution in [0.3, 0.4) is 0 Å². The molecule has 7 nitrogen and oxygen atoms in total. The van der Waals surface area contributed by atoms with Crippen molar-refractivity contribution in [2.45, 2.75) is 37.0 Å². The predicted molar refractivity (Wildman–Crippen MR) is 71.2 cm³/mol. The monoisotopic (exact) mass is 296 g/mol. The number of hydrogen-bond acceptors (Lipinski definition) is 5. The van der Waals surface area contributed by atoms with Crippen molar-refractivity contribution in [3.8, 4) is 0 Å². The van der Waals surface area contributed by atoms with Crippen LogP contribution in [0.15, 0.2) is 34.2 Å². The molecule has 0 amide bonds. The smallest absolute Gasteiger partial charge is 0.258 e. The molecular weight excluding hydrogens is 280 g/mol. The fourth-order valence-corrected chi connectivity index (χ4v) is 2.99. The summed E-state index contributed by atoms with van der Waals surface area (Å²) in [6, 6.07) is 2.23. The van der Waals surface area contributed by atoms with Gasteiger partial charge in [-0.2, -0.15) is 5.10 Å². The summed E-state index contributed by atoms with van der Waals surface area (Å²) in [5.74, 6) is 0. The number of aromatic nitrogens is 2. The highest BCUT2D eigenvalue weighted by molar-refractivity contribution is 7.89. The Kier molecular flexibility index (Phi) is 3.60. The summed E-state index contributed by atoms with van der Waals surface area (Å²) < 4.78 is 31.9. The molecule has 0 saturated heterocycles. The molecule has 1 saturated carbocycles. The number of rotatable bonds is 7. The van der Waals surface area contributed by atoms with Crippen LogP contribution < -0.4 is 10.0 Å². The zero-order chi connectivity index (χ0) is 14.0. The molecule has 3 N–H and O–H groups in total. The van der Waals surface area contributed by atoms with E-state index in [4.69, 9.17) is 4.42 Å².